The fraction of sp³-hybridized carbons (Fsp3) is 0.933. The number of rotatable bonds is 9. The summed E-state index contributed by atoms with van der Waals surface area (Å²) >= 11 is 0. The first-order chi connectivity index (χ1) is 8.32. The van der Waals surface area contributed by atoms with Gasteiger partial charge in [-0.15, -0.1) is 0 Å². The third kappa shape index (κ3) is 3.98. The highest BCUT2D eigenvalue weighted by molar-refractivity contribution is 5.75. The summed E-state index contributed by atoms with van der Waals surface area (Å²) in [5.74, 6) is -0.120. The lowest BCUT2D eigenvalue weighted by atomic mass is 9.68. The normalized spacial score (nSPS) is 16.9. The lowest BCUT2D eigenvalue weighted by Crippen LogP contribution is -2.48. The van der Waals surface area contributed by atoms with E-state index in [1.54, 1.807) is 0 Å². The fourth-order valence-corrected chi connectivity index (χ4v) is 2.67. The molecule has 1 N–H and O–H groups in total. The average molecular weight is 258 g/mol. The van der Waals surface area contributed by atoms with Crippen molar-refractivity contribution in [2.45, 2.75) is 66.9 Å². The standard InChI is InChI=1S/C15H30O3/c1-7-13(18-8-2)15(12(5)6,14(16)17)10-9-11(3)4/h11-13H,7-10H2,1-6H3,(H,16,17). The molecule has 0 heterocycles. The highest BCUT2D eigenvalue weighted by atomic mass is 16.5. The molecule has 0 aliphatic heterocycles. The van der Waals surface area contributed by atoms with Crippen LogP contribution in [0, 0.1) is 17.3 Å². The molecular weight excluding hydrogens is 228 g/mol. The minimum Gasteiger partial charge on any atom is -0.481 e. The molecule has 0 aromatic heterocycles. The number of ether oxygens (including phenoxy) is 1. The van der Waals surface area contributed by atoms with Crippen LogP contribution in [-0.2, 0) is 9.53 Å². The molecule has 0 aromatic carbocycles. The first-order valence-electron chi connectivity index (χ1n) is 7.17. The summed E-state index contributed by atoms with van der Waals surface area (Å²) in [6.45, 7) is 12.8. The van der Waals surface area contributed by atoms with Gasteiger partial charge in [0, 0.05) is 6.61 Å². The van der Waals surface area contributed by atoms with Crippen LogP contribution in [0.2, 0.25) is 0 Å². The molecule has 0 radical (unpaired) electrons. The van der Waals surface area contributed by atoms with Gasteiger partial charge >= 0.3 is 5.97 Å². The van der Waals surface area contributed by atoms with Crippen LogP contribution in [0.5, 0.6) is 0 Å². The Hall–Kier alpha value is -0.570. The van der Waals surface area contributed by atoms with E-state index in [9.17, 15) is 9.90 Å². The van der Waals surface area contributed by atoms with Gasteiger partial charge < -0.3 is 9.84 Å². The SMILES string of the molecule is CCOC(CC)C(CCC(C)C)(C(=O)O)C(C)C. The van der Waals surface area contributed by atoms with E-state index in [0.29, 0.717) is 18.9 Å². The van der Waals surface area contributed by atoms with Crippen LogP contribution >= 0.6 is 0 Å². The molecule has 0 spiro atoms. The molecule has 0 saturated heterocycles. The van der Waals surface area contributed by atoms with Crippen LogP contribution < -0.4 is 0 Å². The molecule has 0 aliphatic carbocycles. The van der Waals surface area contributed by atoms with Gasteiger partial charge in [0.1, 0.15) is 0 Å². The molecule has 2 unspecified atom stereocenters. The second-order valence-corrected chi connectivity index (χ2v) is 5.78. The molecule has 0 rings (SSSR count). The summed E-state index contributed by atoms with van der Waals surface area (Å²) in [6.07, 6.45) is 2.17. The van der Waals surface area contributed by atoms with E-state index in [4.69, 9.17) is 4.74 Å². The Morgan fingerprint density at radius 3 is 2.06 bits per heavy atom. The van der Waals surface area contributed by atoms with Crippen LogP contribution in [0.25, 0.3) is 0 Å². The fourth-order valence-electron chi connectivity index (χ4n) is 2.67. The molecule has 108 valence electrons. The Balaban J connectivity index is 5.25. The van der Waals surface area contributed by atoms with Gasteiger partial charge in [-0.1, -0.05) is 34.6 Å². The highest BCUT2D eigenvalue weighted by Gasteiger charge is 2.48. The van der Waals surface area contributed by atoms with E-state index in [-0.39, 0.29) is 12.0 Å². The Morgan fingerprint density at radius 2 is 1.78 bits per heavy atom. The minimum absolute atomic E-state index is 0.0743. The Bertz CT molecular complexity index is 248. The first-order valence-corrected chi connectivity index (χ1v) is 7.17. The van der Waals surface area contributed by atoms with Gasteiger partial charge in [-0.05, 0) is 38.0 Å². The minimum atomic E-state index is -0.755. The average Bonchev–Trinajstić information content (AvgIpc) is 2.26. The first kappa shape index (κ1) is 17.4. The number of aliphatic carboxylic acids is 1. The topological polar surface area (TPSA) is 46.5 Å². The molecule has 0 saturated carbocycles. The van der Waals surface area contributed by atoms with Crippen molar-refractivity contribution in [3.8, 4) is 0 Å². The lowest BCUT2D eigenvalue weighted by Gasteiger charge is -2.40. The summed E-state index contributed by atoms with van der Waals surface area (Å²) in [5.41, 5.74) is -0.755. The molecule has 3 nitrogen and oxygen atoms in total. The van der Waals surface area contributed by atoms with Crippen molar-refractivity contribution in [1.82, 2.24) is 0 Å². The number of hydrogen-bond donors (Lipinski definition) is 1. The second kappa shape index (κ2) is 7.78. The molecule has 2 atom stereocenters. The predicted octanol–water partition coefficient (Wildman–Crippen LogP) is 3.96. The summed E-state index contributed by atoms with van der Waals surface area (Å²) in [7, 11) is 0. The molecule has 0 fully saturated rings. The highest BCUT2D eigenvalue weighted by Crippen LogP contribution is 2.41. The zero-order chi connectivity index (χ0) is 14.3. The van der Waals surface area contributed by atoms with Gasteiger partial charge in [-0.2, -0.15) is 0 Å². The Kier molecular flexibility index (Phi) is 7.53. The van der Waals surface area contributed by atoms with Gasteiger partial charge in [-0.25, -0.2) is 0 Å². The molecule has 0 aromatic rings. The van der Waals surface area contributed by atoms with E-state index in [1.807, 2.05) is 27.7 Å². The second-order valence-electron chi connectivity index (χ2n) is 5.78. The molecular formula is C15H30O3. The smallest absolute Gasteiger partial charge is 0.312 e. The van der Waals surface area contributed by atoms with E-state index < -0.39 is 11.4 Å². The third-order valence-corrected chi connectivity index (χ3v) is 3.88. The van der Waals surface area contributed by atoms with Gasteiger partial charge in [0.25, 0.3) is 0 Å². The Labute approximate surface area is 112 Å². The summed E-state index contributed by atoms with van der Waals surface area (Å²) < 4.78 is 5.73. The van der Waals surface area contributed by atoms with Crippen LogP contribution in [0.3, 0.4) is 0 Å². The van der Waals surface area contributed by atoms with Crippen molar-refractivity contribution >= 4 is 5.97 Å². The maximum Gasteiger partial charge on any atom is 0.312 e. The molecule has 0 bridgehead atoms. The van der Waals surface area contributed by atoms with Crippen LogP contribution in [0.1, 0.15) is 60.8 Å². The van der Waals surface area contributed by atoms with Gasteiger partial charge in [0.15, 0.2) is 0 Å². The van der Waals surface area contributed by atoms with Gasteiger partial charge in [0.2, 0.25) is 0 Å². The third-order valence-electron chi connectivity index (χ3n) is 3.88. The predicted molar refractivity (Wildman–Crippen MR) is 74.7 cm³/mol. The Morgan fingerprint density at radius 1 is 1.22 bits per heavy atom. The van der Waals surface area contributed by atoms with Crippen molar-refractivity contribution in [3.05, 3.63) is 0 Å². The van der Waals surface area contributed by atoms with Gasteiger partial charge in [0.05, 0.1) is 11.5 Å². The van der Waals surface area contributed by atoms with Crippen molar-refractivity contribution in [2.24, 2.45) is 17.3 Å². The quantitative estimate of drug-likeness (QED) is 0.681. The zero-order valence-electron chi connectivity index (χ0n) is 12.8. The maximum atomic E-state index is 11.9. The molecule has 0 aliphatic rings. The van der Waals surface area contributed by atoms with E-state index in [1.165, 1.54) is 0 Å². The van der Waals surface area contributed by atoms with Crippen LogP contribution in [-0.4, -0.2) is 23.8 Å². The van der Waals surface area contributed by atoms with Crippen molar-refractivity contribution in [2.75, 3.05) is 6.61 Å². The monoisotopic (exact) mass is 258 g/mol. The summed E-state index contributed by atoms with van der Waals surface area (Å²) in [6, 6.07) is 0. The summed E-state index contributed by atoms with van der Waals surface area (Å²) in [4.78, 5) is 11.9. The van der Waals surface area contributed by atoms with Gasteiger partial charge in [-0.3, -0.25) is 4.79 Å². The lowest BCUT2D eigenvalue weighted by molar-refractivity contribution is -0.167. The van der Waals surface area contributed by atoms with E-state index in [0.717, 1.165) is 12.8 Å². The number of carbonyl (C=O) groups is 1. The van der Waals surface area contributed by atoms with Crippen LogP contribution in [0.15, 0.2) is 0 Å². The number of carboxylic acid groups (broad SMARTS) is 1. The molecule has 0 amide bonds. The van der Waals surface area contributed by atoms with Crippen LogP contribution in [0.4, 0.5) is 0 Å². The number of hydrogen-bond acceptors (Lipinski definition) is 2. The van der Waals surface area contributed by atoms with Crippen molar-refractivity contribution in [1.29, 1.82) is 0 Å². The largest absolute Gasteiger partial charge is 0.481 e. The van der Waals surface area contributed by atoms with Crippen molar-refractivity contribution in [3.63, 3.8) is 0 Å². The number of carboxylic acids is 1. The van der Waals surface area contributed by atoms with Crippen molar-refractivity contribution < 1.29 is 14.6 Å². The van der Waals surface area contributed by atoms with E-state index >= 15 is 0 Å². The molecule has 18 heavy (non-hydrogen) atoms. The molecule has 3 heteroatoms. The summed E-state index contributed by atoms with van der Waals surface area (Å²) in [5, 5.41) is 9.76. The van der Waals surface area contributed by atoms with E-state index in [2.05, 4.69) is 13.8 Å². The zero-order valence-corrected chi connectivity index (χ0v) is 12.8. The maximum absolute atomic E-state index is 11.9.